The van der Waals surface area contributed by atoms with Crippen LogP contribution in [0.2, 0.25) is 10.0 Å². The summed E-state index contributed by atoms with van der Waals surface area (Å²) in [6, 6.07) is 18.4. The second-order valence-corrected chi connectivity index (χ2v) is 11.5. The van der Waals surface area contributed by atoms with Gasteiger partial charge in [-0.25, -0.2) is 8.42 Å². The van der Waals surface area contributed by atoms with Crippen molar-refractivity contribution in [3.8, 4) is 0 Å². The molecular weight excluding hydrogens is 589 g/mol. The zero-order valence-electron chi connectivity index (χ0n) is 19.5. The normalized spacial score (nSPS) is 12.0. The van der Waals surface area contributed by atoms with E-state index in [0.29, 0.717) is 21.3 Å². The van der Waals surface area contributed by atoms with Gasteiger partial charge in [-0.15, -0.1) is 0 Å². The lowest BCUT2D eigenvalue weighted by atomic mass is 10.1. The van der Waals surface area contributed by atoms with Gasteiger partial charge in [0.2, 0.25) is 11.8 Å². The molecule has 3 rings (SSSR count). The van der Waals surface area contributed by atoms with E-state index >= 15 is 0 Å². The van der Waals surface area contributed by atoms with Gasteiger partial charge in [-0.1, -0.05) is 63.4 Å². The van der Waals surface area contributed by atoms with E-state index in [1.807, 2.05) is 0 Å². The van der Waals surface area contributed by atoms with Crippen LogP contribution in [0.15, 0.2) is 82.2 Å². The van der Waals surface area contributed by atoms with Gasteiger partial charge in [0.15, 0.2) is 0 Å². The highest BCUT2D eigenvalue weighted by Crippen LogP contribution is 2.27. The summed E-state index contributed by atoms with van der Waals surface area (Å²) in [7, 11) is -2.63. The summed E-state index contributed by atoms with van der Waals surface area (Å²) in [6.07, 6.45) is 0. The summed E-state index contributed by atoms with van der Waals surface area (Å²) in [4.78, 5) is 27.5. The van der Waals surface area contributed by atoms with Crippen LogP contribution in [0.4, 0.5) is 5.69 Å². The quantitative estimate of drug-likeness (QED) is 0.364. The highest BCUT2D eigenvalue weighted by Gasteiger charge is 2.32. The largest absolute Gasteiger partial charge is 0.357 e. The maximum atomic E-state index is 13.7. The van der Waals surface area contributed by atoms with E-state index in [4.69, 9.17) is 23.2 Å². The average molecular weight is 613 g/mol. The topological polar surface area (TPSA) is 86.8 Å². The third-order valence-electron chi connectivity index (χ3n) is 5.48. The molecule has 0 spiro atoms. The van der Waals surface area contributed by atoms with Crippen molar-refractivity contribution in [1.29, 1.82) is 0 Å². The number of likely N-dealkylation sites (N-methyl/N-ethyl adjacent to an activating group) is 1. The van der Waals surface area contributed by atoms with Crippen LogP contribution in [-0.2, 0) is 26.2 Å². The molecule has 0 bridgehead atoms. The summed E-state index contributed by atoms with van der Waals surface area (Å²) in [5, 5.41) is 3.19. The van der Waals surface area contributed by atoms with Gasteiger partial charge in [0.05, 0.1) is 20.6 Å². The van der Waals surface area contributed by atoms with E-state index in [1.54, 1.807) is 67.6 Å². The van der Waals surface area contributed by atoms with Crippen LogP contribution in [0.1, 0.15) is 12.5 Å². The number of carbonyl (C=O) groups excluding carboxylic acids is 2. The Bertz CT molecular complexity index is 1340. The number of sulfonamides is 1. The second kappa shape index (κ2) is 12.1. The van der Waals surface area contributed by atoms with Crippen molar-refractivity contribution in [2.45, 2.75) is 24.4 Å². The molecule has 0 radical (unpaired) electrons. The summed E-state index contributed by atoms with van der Waals surface area (Å²) in [6.45, 7) is 1.06. The molecule has 0 aliphatic rings. The first-order valence-electron chi connectivity index (χ1n) is 10.8. The standard InChI is InChI=1S/C25H24BrCl2N3O4S/c1-17(25(33)29-2)30(15-18-8-13-22(27)23(28)14-18)24(32)16-31(20-11-9-19(26)10-12-20)36(34,35)21-6-4-3-5-7-21/h3-14,17H,15-16H2,1-2H3,(H,29,33). The van der Waals surface area contributed by atoms with E-state index in [9.17, 15) is 18.0 Å². The molecular formula is C25H24BrCl2N3O4S. The summed E-state index contributed by atoms with van der Waals surface area (Å²) < 4.78 is 29.0. The zero-order valence-corrected chi connectivity index (χ0v) is 23.4. The zero-order chi connectivity index (χ0) is 26.5. The van der Waals surface area contributed by atoms with Gasteiger partial charge >= 0.3 is 0 Å². The van der Waals surface area contributed by atoms with E-state index in [1.165, 1.54) is 24.1 Å². The van der Waals surface area contributed by atoms with Crippen LogP contribution < -0.4 is 9.62 Å². The molecule has 3 aromatic carbocycles. The Morgan fingerprint density at radius 3 is 2.19 bits per heavy atom. The number of hydrogen-bond donors (Lipinski definition) is 1. The van der Waals surface area contributed by atoms with E-state index in [0.717, 1.165) is 8.78 Å². The number of anilines is 1. The van der Waals surface area contributed by atoms with Crippen molar-refractivity contribution in [1.82, 2.24) is 10.2 Å². The van der Waals surface area contributed by atoms with Gasteiger partial charge < -0.3 is 10.2 Å². The molecule has 1 N–H and O–H groups in total. The van der Waals surface area contributed by atoms with Gasteiger partial charge in [0.1, 0.15) is 12.6 Å². The number of amides is 2. The first-order valence-corrected chi connectivity index (χ1v) is 13.8. The molecule has 0 aromatic heterocycles. The summed E-state index contributed by atoms with van der Waals surface area (Å²) in [5.41, 5.74) is 0.937. The predicted octanol–water partition coefficient (Wildman–Crippen LogP) is 5.11. The van der Waals surface area contributed by atoms with Crippen molar-refractivity contribution in [3.63, 3.8) is 0 Å². The monoisotopic (exact) mass is 611 g/mol. The molecule has 0 saturated heterocycles. The Morgan fingerprint density at radius 1 is 0.972 bits per heavy atom. The number of nitrogens with zero attached hydrogens (tertiary/aromatic N) is 2. The van der Waals surface area contributed by atoms with Crippen LogP contribution in [-0.4, -0.2) is 44.8 Å². The molecule has 0 fully saturated rings. The summed E-state index contributed by atoms with van der Waals surface area (Å²) >= 11 is 15.5. The molecule has 190 valence electrons. The fourth-order valence-corrected chi connectivity index (χ4v) is 5.50. The second-order valence-electron chi connectivity index (χ2n) is 7.86. The fourth-order valence-electron chi connectivity index (χ4n) is 3.48. The number of nitrogens with one attached hydrogen (secondary N) is 1. The number of hydrogen-bond acceptors (Lipinski definition) is 4. The third kappa shape index (κ3) is 6.59. The van der Waals surface area contributed by atoms with Gasteiger partial charge in [0.25, 0.3) is 10.0 Å². The van der Waals surface area contributed by atoms with E-state index in [2.05, 4.69) is 21.2 Å². The van der Waals surface area contributed by atoms with Crippen LogP contribution >= 0.6 is 39.1 Å². The number of benzene rings is 3. The lowest BCUT2D eigenvalue weighted by molar-refractivity contribution is -0.139. The molecule has 1 atom stereocenters. The fraction of sp³-hybridized carbons (Fsp3) is 0.200. The molecule has 11 heteroatoms. The van der Waals surface area contributed by atoms with E-state index in [-0.39, 0.29) is 11.4 Å². The Balaban J connectivity index is 2.02. The van der Waals surface area contributed by atoms with Crippen molar-refractivity contribution >= 4 is 66.7 Å². The Morgan fingerprint density at radius 2 is 1.61 bits per heavy atom. The molecule has 1 unspecified atom stereocenters. The van der Waals surface area contributed by atoms with Crippen molar-refractivity contribution in [3.05, 3.63) is 92.9 Å². The predicted molar refractivity (Wildman–Crippen MR) is 146 cm³/mol. The van der Waals surface area contributed by atoms with E-state index < -0.39 is 34.4 Å². The minimum Gasteiger partial charge on any atom is -0.357 e. The third-order valence-corrected chi connectivity index (χ3v) is 8.53. The molecule has 2 amide bonds. The Labute approximate surface area is 229 Å². The highest BCUT2D eigenvalue weighted by molar-refractivity contribution is 9.10. The molecule has 0 heterocycles. The Hall–Kier alpha value is -2.59. The minimum absolute atomic E-state index is 0.0177. The lowest BCUT2D eigenvalue weighted by Crippen LogP contribution is -2.50. The lowest BCUT2D eigenvalue weighted by Gasteiger charge is -2.31. The van der Waals surface area contributed by atoms with Crippen LogP contribution in [0.25, 0.3) is 0 Å². The molecule has 7 nitrogen and oxygen atoms in total. The SMILES string of the molecule is CNC(=O)C(C)N(Cc1ccc(Cl)c(Cl)c1)C(=O)CN(c1ccc(Br)cc1)S(=O)(=O)c1ccccc1. The minimum atomic E-state index is -4.10. The van der Waals surface area contributed by atoms with Gasteiger partial charge in [-0.2, -0.15) is 0 Å². The van der Waals surface area contributed by atoms with Gasteiger partial charge in [-0.05, 0) is 61.0 Å². The molecule has 0 aliphatic heterocycles. The molecule has 0 aliphatic carbocycles. The molecule has 0 saturated carbocycles. The van der Waals surface area contributed by atoms with Crippen LogP contribution in [0.3, 0.4) is 0 Å². The van der Waals surface area contributed by atoms with Gasteiger partial charge in [-0.3, -0.25) is 13.9 Å². The first kappa shape index (κ1) is 28.0. The maximum Gasteiger partial charge on any atom is 0.264 e. The molecule has 3 aromatic rings. The highest BCUT2D eigenvalue weighted by atomic mass is 79.9. The Kier molecular flexibility index (Phi) is 9.41. The smallest absolute Gasteiger partial charge is 0.264 e. The first-order chi connectivity index (χ1) is 17.0. The summed E-state index contributed by atoms with van der Waals surface area (Å²) in [5.74, 6) is -0.968. The van der Waals surface area contributed by atoms with Crippen molar-refractivity contribution < 1.29 is 18.0 Å². The number of halogens is 3. The van der Waals surface area contributed by atoms with Crippen molar-refractivity contribution in [2.75, 3.05) is 17.9 Å². The average Bonchev–Trinajstić information content (AvgIpc) is 2.88. The van der Waals surface area contributed by atoms with Crippen LogP contribution in [0.5, 0.6) is 0 Å². The molecule has 36 heavy (non-hydrogen) atoms. The van der Waals surface area contributed by atoms with Gasteiger partial charge in [0, 0.05) is 18.1 Å². The van der Waals surface area contributed by atoms with Crippen LogP contribution in [0, 0.1) is 0 Å². The number of carbonyl (C=O) groups is 2. The van der Waals surface area contributed by atoms with Crippen molar-refractivity contribution in [2.24, 2.45) is 0 Å². The maximum absolute atomic E-state index is 13.7. The number of rotatable bonds is 9.